The maximum atomic E-state index is 13.2. The van der Waals surface area contributed by atoms with E-state index in [9.17, 15) is 17.6 Å². The normalized spacial score (nSPS) is 10.6. The van der Waals surface area contributed by atoms with Crippen LogP contribution in [-0.4, -0.2) is 11.6 Å². The van der Waals surface area contributed by atoms with Crippen LogP contribution in [0.3, 0.4) is 0 Å². The Hall–Kier alpha value is -2.11. The highest BCUT2D eigenvalue weighted by Crippen LogP contribution is 2.24. The summed E-state index contributed by atoms with van der Waals surface area (Å²) < 4.78 is 56.9. The first-order valence-electron chi connectivity index (χ1n) is 5.96. The van der Waals surface area contributed by atoms with Crippen LogP contribution in [0.5, 0.6) is 5.75 Å². The van der Waals surface area contributed by atoms with Crippen LogP contribution in [0.4, 0.5) is 17.6 Å². The van der Waals surface area contributed by atoms with E-state index in [1.54, 1.807) is 0 Å². The van der Waals surface area contributed by atoms with E-state index in [0.29, 0.717) is 12.8 Å². The first kappa shape index (κ1) is 14.3. The molecule has 20 heavy (non-hydrogen) atoms. The van der Waals surface area contributed by atoms with Gasteiger partial charge in [0, 0.05) is 0 Å². The highest BCUT2D eigenvalue weighted by molar-refractivity contribution is 5.24. The molecule has 0 amide bonds. The predicted molar refractivity (Wildman–Crippen MR) is 64.3 cm³/mol. The third-order valence-corrected chi connectivity index (χ3v) is 2.66. The van der Waals surface area contributed by atoms with E-state index in [1.807, 2.05) is 30.3 Å². The molecule has 2 aromatic rings. The second-order valence-corrected chi connectivity index (χ2v) is 4.09. The molecule has 6 heteroatoms. The summed E-state index contributed by atoms with van der Waals surface area (Å²) in [5.41, 5.74) is 1.03. The van der Waals surface area contributed by atoms with Gasteiger partial charge in [0.1, 0.15) is 0 Å². The van der Waals surface area contributed by atoms with Gasteiger partial charge in [0.2, 0.25) is 11.6 Å². The van der Waals surface area contributed by atoms with Crippen LogP contribution in [0.25, 0.3) is 0 Å². The van der Waals surface area contributed by atoms with Gasteiger partial charge >= 0.3 is 0 Å². The van der Waals surface area contributed by atoms with Gasteiger partial charge in [-0.15, -0.1) is 0 Å². The molecule has 1 aromatic heterocycles. The number of ether oxygens (including phenoxy) is 1. The van der Waals surface area contributed by atoms with Gasteiger partial charge < -0.3 is 4.74 Å². The van der Waals surface area contributed by atoms with Gasteiger partial charge in [-0.25, -0.2) is 0 Å². The minimum Gasteiger partial charge on any atom is -0.487 e. The quantitative estimate of drug-likeness (QED) is 0.475. The average molecular weight is 285 g/mol. The molecule has 0 spiro atoms. The molecule has 1 heterocycles. The molecule has 1 aromatic carbocycles. The molecule has 0 atom stereocenters. The molecular weight excluding hydrogens is 274 g/mol. The van der Waals surface area contributed by atoms with Crippen molar-refractivity contribution in [1.29, 1.82) is 0 Å². The van der Waals surface area contributed by atoms with Crippen molar-refractivity contribution in [3.63, 3.8) is 0 Å². The number of halogens is 4. The summed E-state index contributed by atoms with van der Waals surface area (Å²) in [6.07, 6.45) is 1.08. The highest BCUT2D eigenvalue weighted by atomic mass is 19.2. The summed E-state index contributed by atoms with van der Waals surface area (Å²) in [5, 5.41) is 0. The molecule has 0 bridgehead atoms. The van der Waals surface area contributed by atoms with E-state index in [1.165, 1.54) is 0 Å². The van der Waals surface area contributed by atoms with E-state index >= 15 is 0 Å². The zero-order chi connectivity index (χ0) is 14.5. The molecule has 0 aliphatic heterocycles. The van der Waals surface area contributed by atoms with Crippen molar-refractivity contribution in [2.75, 3.05) is 6.61 Å². The highest BCUT2D eigenvalue weighted by Gasteiger charge is 2.21. The van der Waals surface area contributed by atoms with Crippen molar-refractivity contribution >= 4 is 0 Å². The molecule has 0 saturated carbocycles. The fourth-order valence-electron chi connectivity index (χ4n) is 1.69. The Morgan fingerprint density at radius 2 is 1.50 bits per heavy atom. The summed E-state index contributed by atoms with van der Waals surface area (Å²) in [6.45, 7) is -0.0639. The minimum absolute atomic E-state index is 0.0639. The van der Waals surface area contributed by atoms with Gasteiger partial charge in [0.25, 0.3) is 11.9 Å². The van der Waals surface area contributed by atoms with Gasteiger partial charge in [-0.05, 0) is 18.4 Å². The maximum absolute atomic E-state index is 13.2. The Morgan fingerprint density at radius 3 is 2.10 bits per heavy atom. The van der Waals surface area contributed by atoms with Crippen LogP contribution in [0.2, 0.25) is 0 Å². The zero-order valence-corrected chi connectivity index (χ0v) is 10.4. The van der Waals surface area contributed by atoms with Gasteiger partial charge in [-0.3, -0.25) is 0 Å². The summed E-state index contributed by atoms with van der Waals surface area (Å²) in [5.74, 6) is -7.75. The van der Waals surface area contributed by atoms with E-state index in [4.69, 9.17) is 4.74 Å². The molecule has 0 radical (unpaired) electrons. The minimum atomic E-state index is -1.72. The second-order valence-electron chi connectivity index (χ2n) is 4.09. The molecule has 2 rings (SSSR count). The molecule has 0 saturated heterocycles. The summed E-state index contributed by atoms with van der Waals surface area (Å²) >= 11 is 0. The van der Waals surface area contributed by atoms with Crippen LogP contribution in [0, 0.1) is 23.5 Å². The van der Waals surface area contributed by atoms with Crippen molar-refractivity contribution < 1.29 is 22.3 Å². The van der Waals surface area contributed by atoms with E-state index in [-0.39, 0.29) is 6.61 Å². The summed E-state index contributed by atoms with van der Waals surface area (Å²) in [7, 11) is 0. The van der Waals surface area contributed by atoms with Gasteiger partial charge in [-0.1, -0.05) is 30.3 Å². The zero-order valence-electron chi connectivity index (χ0n) is 10.4. The Labute approximate surface area is 113 Å². The molecule has 0 fully saturated rings. The van der Waals surface area contributed by atoms with Gasteiger partial charge in [0.05, 0.1) is 6.61 Å². The topological polar surface area (TPSA) is 22.1 Å². The smallest absolute Gasteiger partial charge is 0.255 e. The van der Waals surface area contributed by atoms with Crippen molar-refractivity contribution in [2.24, 2.45) is 0 Å². The third kappa shape index (κ3) is 3.26. The van der Waals surface area contributed by atoms with Crippen LogP contribution in [-0.2, 0) is 6.42 Å². The number of pyridine rings is 1. The number of rotatable bonds is 5. The van der Waals surface area contributed by atoms with Crippen molar-refractivity contribution in [2.45, 2.75) is 12.8 Å². The number of benzene rings is 1. The molecule has 0 unspecified atom stereocenters. The molecule has 106 valence electrons. The standard InChI is InChI=1S/C14H11F4NO/c15-10-12(11(16)14(18)19-13(10)17)20-8-4-7-9-5-2-1-3-6-9/h1-3,5-6H,4,7-8H2. The summed E-state index contributed by atoms with van der Waals surface area (Å²) in [6, 6.07) is 9.39. The number of hydrogen-bond acceptors (Lipinski definition) is 2. The number of aromatic nitrogens is 1. The maximum Gasteiger partial charge on any atom is 0.255 e. The SMILES string of the molecule is Fc1nc(F)c(F)c(OCCCc2ccccc2)c1F. The first-order valence-corrected chi connectivity index (χ1v) is 5.96. The number of nitrogens with zero attached hydrogens (tertiary/aromatic N) is 1. The van der Waals surface area contributed by atoms with Crippen LogP contribution in [0.15, 0.2) is 30.3 Å². The predicted octanol–water partition coefficient (Wildman–Crippen LogP) is 3.65. The van der Waals surface area contributed by atoms with Gasteiger partial charge in [-0.2, -0.15) is 22.5 Å². The lowest BCUT2D eigenvalue weighted by atomic mass is 10.1. The Morgan fingerprint density at radius 1 is 0.900 bits per heavy atom. The average Bonchev–Trinajstić information content (AvgIpc) is 2.45. The first-order chi connectivity index (χ1) is 9.59. The molecule has 0 aliphatic carbocycles. The lowest BCUT2D eigenvalue weighted by Crippen LogP contribution is -2.08. The lowest BCUT2D eigenvalue weighted by Gasteiger charge is -2.08. The fourth-order valence-corrected chi connectivity index (χ4v) is 1.69. The Balaban J connectivity index is 1.95. The van der Waals surface area contributed by atoms with Crippen molar-refractivity contribution in [1.82, 2.24) is 4.98 Å². The number of aryl methyl sites for hydroxylation is 1. The lowest BCUT2D eigenvalue weighted by molar-refractivity contribution is 0.260. The molecule has 2 nitrogen and oxygen atoms in total. The Bertz CT molecular complexity index is 563. The van der Waals surface area contributed by atoms with E-state index in [0.717, 1.165) is 5.56 Å². The van der Waals surface area contributed by atoms with Gasteiger partial charge in [0.15, 0.2) is 5.75 Å². The van der Waals surface area contributed by atoms with Crippen molar-refractivity contribution in [3.8, 4) is 5.75 Å². The summed E-state index contributed by atoms with van der Waals surface area (Å²) in [4.78, 5) is 2.45. The third-order valence-electron chi connectivity index (χ3n) is 2.66. The van der Waals surface area contributed by atoms with E-state index < -0.39 is 29.3 Å². The van der Waals surface area contributed by atoms with E-state index in [2.05, 4.69) is 4.98 Å². The van der Waals surface area contributed by atoms with Crippen molar-refractivity contribution in [3.05, 3.63) is 59.4 Å². The monoisotopic (exact) mass is 285 g/mol. The van der Waals surface area contributed by atoms with Crippen LogP contribution in [0.1, 0.15) is 12.0 Å². The van der Waals surface area contributed by atoms with Crippen LogP contribution < -0.4 is 4.74 Å². The molecular formula is C14H11F4NO. The molecule has 0 N–H and O–H groups in total. The second kappa shape index (κ2) is 6.36. The largest absolute Gasteiger partial charge is 0.487 e. The molecule has 0 aliphatic rings. The number of hydrogen-bond donors (Lipinski definition) is 0. The van der Waals surface area contributed by atoms with Crippen LogP contribution >= 0.6 is 0 Å². The fraction of sp³-hybridized carbons (Fsp3) is 0.214. The Kier molecular flexibility index (Phi) is 4.55.